The highest BCUT2D eigenvalue weighted by Crippen LogP contribution is 2.28. The highest BCUT2D eigenvalue weighted by molar-refractivity contribution is 6.08. The maximum Gasteiger partial charge on any atom is 0.258 e. The maximum absolute atomic E-state index is 12.9. The number of carbonyl (C=O) groups excluding carboxylic acids is 2. The van der Waals surface area contributed by atoms with Crippen LogP contribution in [-0.4, -0.2) is 24.9 Å². The molecular formula is C21H24N2O2. The van der Waals surface area contributed by atoms with Gasteiger partial charge in [-0.25, -0.2) is 0 Å². The van der Waals surface area contributed by atoms with Gasteiger partial charge in [-0.15, -0.1) is 0 Å². The Morgan fingerprint density at radius 3 is 2.68 bits per heavy atom. The van der Waals surface area contributed by atoms with Gasteiger partial charge in [-0.3, -0.25) is 9.59 Å². The second-order valence-corrected chi connectivity index (χ2v) is 6.38. The smallest absolute Gasteiger partial charge is 0.258 e. The Kier molecular flexibility index (Phi) is 5.49. The molecule has 2 aromatic carbocycles. The van der Waals surface area contributed by atoms with Crippen molar-refractivity contribution in [2.24, 2.45) is 0 Å². The topological polar surface area (TPSA) is 49.4 Å². The Balaban J connectivity index is 1.71. The minimum atomic E-state index is -0.118. The number of benzene rings is 2. The molecule has 0 aliphatic carbocycles. The molecule has 0 unspecified atom stereocenters. The van der Waals surface area contributed by atoms with Crippen molar-refractivity contribution >= 4 is 17.5 Å². The molecule has 1 aliphatic rings. The van der Waals surface area contributed by atoms with Crippen LogP contribution in [0.25, 0.3) is 0 Å². The van der Waals surface area contributed by atoms with Gasteiger partial charge in [0.05, 0.1) is 0 Å². The molecule has 0 saturated heterocycles. The maximum atomic E-state index is 12.9. The van der Waals surface area contributed by atoms with Crippen LogP contribution < -0.4 is 10.2 Å². The Bertz CT molecular complexity index is 770. The summed E-state index contributed by atoms with van der Waals surface area (Å²) >= 11 is 0. The van der Waals surface area contributed by atoms with Crippen molar-refractivity contribution in [1.29, 1.82) is 0 Å². The van der Waals surface area contributed by atoms with Crippen LogP contribution in [-0.2, 0) is 6.42 Å². The quantitative estimate of drug-likeness (QED) is 0.816. The predicted octanol–water partition coefficient (Wildman–Crippen LogP) is 3.81. The van der Waals surface area contributed by atoms with Crippen LogP contribution in [0.15, 0.2) is 48.5 Å². The standard InChI is InChI=1S/C21H24N2O2/c1-2-3-6-13-22-20(24)17-9-7-10-18(15-17)21(25)23-14-12-16-8-4-5-11-19(16)23/h4-5,7-11,15H,2-3,6,12-14H2,1H3,(H,22,24). The van der Waals surface area contributed by atoms with E-state index >= 15 is 0 Å². The molecule has 1 heterocycles. The monoisotopic (exact) mass is 336 g/mol. The molecule has 0 saturated carbocycles. The number of rotatable bonds is 6. The lowest BCUT2D eigenvalue weighted by atomic mass is 10.1. The van der Waals surface area contributed by atoms with Crippen LogP contribution in [0.1, 0.15) is 52.5 Å². The number of anilines is 1. The fourth-order valence-electron chi connectivity index (χ4n) is 3.18. The molecule has 4 heteroatoms. The van der Waals surface area contributed by atoms with E-state index in [1.54, 1.807) is 29.2 Å². The molecule has 0 bridgehead atoms. The van der Waals surface area contributed by atoms with Crippen molar-refractivity contribution in [3.63, 3.8) is 0 Å². The van der Waals surface area contributed by atoms with Crippen molar-refractivity contribution in [3.8, 4) is 0 Å². The van der Waals surface area contributed by atoms with Crippen molar-refractivity contribution in [3.05, 3.63) is 65.2 Å². The normalized spacial score (nSPS) is 12.8. The van der Waals surface area contributed by atoms with Crippen LogP contribution in [0, 0.1) is 0 Å². The Morgan fingerprint density at radius 1 is 1.04 bits per heavy atom. The summed E-state index contributed by atoms with van der Waals surface area (Å²) in [6.45, 7) is 3.49. The van der Waals surface area contributed by atoms with Crippen LogP contribution in [0.4, 0.5) is 5.69 Å². The summed E-state index contributed by atoms with van der Waals surface area (Å²) in [5, 5.41) is 2.92. The van der Waals surface area contributed by atoms with E-state index in [1.807, 2.05) is 18.2 Å². The first kappa shape index (κ1) is 17.2. The van der Waals surface area contributed by atoms with Gasteiger partial charge in [0.25, 0.3) is 11.8 Å². The van der Waals surface area contributed by atoms with Crippen LogP contribution in [0.3, 0.4) is 0 Å². The molecule has 0 spiro atoms. The molecule has 2 amide bonds. The Hall–Kier alpha value is -2.62. The Morgan fingerprint density at radius 2 is 1.84 bits per heavy atom. The first-order valence-electron chi connectivity index (χ1n) is 8.98. The number of nitrogens with zero attached hydrogens (tertiary/aromatic N) is 1. The molecule has 2 aromatic rings. The van der Waals surface area contributed by atoms with E-state index in [0.29, 0.717) is 24.2 Å². The van der Waals surface area contributed by atoms with Crippen LogP contribution in [0.5, 0.6) is 0 Å². The molecule has 1 N–H and O–H groups in total. The van der Waals surface area contributed by atoms with Gasteiger partial charge in [0.2, 0.25) is 0 Å². The second-order valence-electron chi connectivity index (χ2n) is 6.38. The number of fused-ring (bicyclic) bond motifs is 1. The third kappa shape index (κ3) is 3.90. The lowest BCUT2D eigenvalue weighted by molar-refractivity contribution is 0.0953. The predicted molar refractivity (Wildman–Crippen MR) is 100 cm³/mol. The van der Waals surface area contributed by atoms with E-state index in [-0.39, 0.29) is 11.8 Å². The van der Waals surface area contributed by atoms with E-state index in [0.717, 1.165) is 31.4 Å². The number of amides is 2. The third-order valence-electron chi connectivity index (χ3n) is 4.57. The average Bonchev–Trinajstić information content (AvgIpc) is 3.08. The molecule has 4 nitrogen and oxygen atoms in total. The van der Waals surface area contributed by atoms with Gasteiger partial charge >= 0.3 is 0 Å². The van der Waals surface area contributed by atoms with Gasteiger partial charge in [-0.2, -0.15) is 0 Å². The number of carbonyl (C=O) groups is 2. The van der Waals surface area contributed by atoms with E-state index in [1.165, 1.54) is 5.56 Å². The zero-order valence-electron chi connectivity index (χ0n) is 14.6. The van der Waals surface area contributed by atoms with Gasteiger partial charge in [0, 0.05) is 29.9 Å². The number of nitrogens with one attached hydrogen (secondary N) is 1. The molecule has 0 atom stereocenters. The number of para-hydroxylation sites is 1. The zero-order chi connectivity index (χ0) is 17.6. The van der Waals surface area contributed by atoms with E-state index in [9.17, 15) is 9.59 Å². The van der Waals surface area contributed by atoms with E-state index in [4.69, 9.17) is 0 Å². The summed E-state index contributed by atoms with van der Waals surface area (Å²) < 4.78 is 0. The molecule has 1 aliphatic heterocycles. The third-order valence-corrected chi connectivity index (χ3v) is 4.57. The minimum absolute atomic E-state index is 0.0504. The Labute approximate surface area is 148 Å². The van der Waals surface area contributed by atoms with E-state index < -0.39 is 0 Å². The van der Waals surface area contributed by atoms with Gasteiger partial charge in [0.15, 0.2) is 0 Å². The molecule has 0 fully saturated rings. The average molecular weight is 336 g/mol. The highest BCUT2D eigenvalue weighted by Gasteiger charge is 2.25. The highest BCUT2D eigenvalue weighted by atomic mass is 16.2. The number of hydrogen-bond donors (Lipinski definition) is 1. The molecule has 0 radical (unpaired) electrons. The van der Waals surface area contributed by atoms with Gasteiger partial charge in [-0.05, 0) is 42.7 Å². The van der Waals surface area contributed by atoms with E-state index in [2.05, 4.69) is 18.3 Å². The number of unbranched alkanes of at least 4 members (excludes halogenated alkanes) is 2. The molecule has 130 valence electrons. The van der Waals surface area contributed by atoms with Crippen molar-refractivity contribution in [1.82, 2.24) is 5.32 Å². The summed E-state index contributed by atoms with van der Waals surface area (Å²) in [6.07, 6.45) is 4.08. The minimum Gasteiger partial charge on any atom is -0.352 e. The van der Waals surface area contributed by atoms with Crippen molar-refractivity contribution < 1.29 is 9.59 Å². The fourth-order valence-corrected chi connectivity index (χ4v) is 3.18. The summed E-state index contributed by atoms with van der Waals surface area (Å²) in [5.74, 6) is -0.168. The molecule has 25 heavy (non-hydrogen) atoms. The summed E-state index contributed by atoms with van der Waals surface area (Å²) in [6, 6.07) is 15.0. The lowest BCUT2D eigenvalue weighted by Crippen LogP contribution is -2.29. The lowest BCUT2D eigenvalue weighted by Gasteiger charge is -2.17. The SMILES string of the molecule is CCCCCNC(=O)c1cccc(C(=O)N2CCc3ccccc32)c1. The van der Waals surface area contributed by atoms with Crippen molar-refractivity contribution in [2.75, 3.05) is 18.0 Å². The number of hydrogen-bond acceptors (Lipinski definition) is 2. The largest absolute Gasteiger partial charge is 0.352 e. The molecule has 3 rings (SSSR count). The van der Waals surface area contributed by atoms with Gasteiger partial charge in [0.1, 0.15) is 0 Å². The van der Waals surface area contributed by atoms with Gasteiger partial charge in [-0.1, -0.05) is 44.0 Å². The molecular weight excluding hydrogens is 312 g/mol. The first-order valence-corrected chi connectivity index (χ1v) is 8.98. The summed E-state index contributed by atoms with van der Waals surface area (Å²) in [7, 11) is 0. The van der Waals surface area contributed by atoms with Crippen molar-refractivity contribution in [2.45, 2.75) is 32.6 Å². The van der Waals surface area contributed by atoms with Gasteiger partial charge < -0.3 is 10.2 Å². The summed E-state index contributed by atoms with van der Waals surface area (Å²) in [5.41, 5.74) is 3.26. The van der Waals surface area contributed by atoms with Crippen LogP contribution in [0.2, 0.25) is 0 Å². The van der Waals surface area contributed by atoms with Crippen LogP contribution >= 0.6 is 0 Å². The zero-order valence-corrected chi connectivity index (χ0v) is 14.6. The summed E-state index contributed by atoms with van der Waals surface area (Å²) in [4.78, 5) is 26.9. The first-order chi connectivity index (χ1) is 12.2. The second kappa shape index (κ2) is 7.97. The molecule has 0 aromatic heterocycles. The fraction of sp³-hybridized carbons (Fsp3) is 0.333.